The van der Waals surface area contributed by atoms with Gasteiger partial charge in [0.2, 0.25) is 11.9 Å². The van der Waals surface area contributed by atoms with E-state index in [0.29, 0.717) is 33.8 Å². The number of carbonyl (C=O) groups excluding carboxylic acids is 1. The standard InChI is InChI=1S/C27H31ClN8O2/c1-7-25(37)31-21-13-22(24(38-6)14-23(21)35(4)11-10-34(2)3)33-27-29-9-8-20(32-27)17-12-18-19(28)16-36(5)26(18)30-15-17/h7-9,12-16H,1,10-11H2,2-6H3,(H,31,37)(H,29,32,33). The Kier molecular flexibility index (Phi) is 8.13. The predicted octanol–water partition coefficient (Wildman–Crippen LogP) is 4.56. The van der Waals surface area contributed by atoms with Gasteiger partial charge in [0.25, 0.3) is 0 Å². The van der Waals surface area contributed by atoms with Crippen molar-refractivity contribution >= 4 is 51.6 Å². The van der Waals surface area contributed by atoms with Gasteiger partial charge in [-0.2, -0.15) is 0 Å². The van der Waals surface area contributed by atoms with Crippen molar-refractivity contribution in [3.05, 3.63) is 60.5 Å². The number of pyridine rings is 1. The molecule has 0 atom stereocenters. The van der Waals surface area contributed by atoms with E-state index in [2.05, 4.69) is 42.0 Å². The molecule has 1 amide bonds. The Morgan fingerprint density at radius 1 is 1.18 bits per heavy atom. The van der Waals surface area contributed by atoms with E-state index in [-0.39, 0.29) is 5.91 Å². The Morgan fingerprint density at radius 2 is 1.97 bits per heavy atom. The smallest absolute Gasteiger partial charge is 0.247 e. The fourth-order valence-electron chi connectivity index (χ4n) is 3.96. The Balaban J connectivity index is 1.69. The fourth-order valence-corrected chi connectivity index (χ4v) is 4.25. The van der Waals surface area contributed by atoms with Gasteiger partial charge in [0.05, 0.1) is 34.9 Å². The maximum atomic E-state index is 12.2. The molecule has 0 spiro atoms. The van der Waals surface area contributed by atoms with Crippen molar-refractivity contribution < 1.29 is 9.53 Å². The highest BCUT2D eigenvalue weighted by Crippen LogP contribution is 2.38. The maximum Gasteiger partial charge on any atom is 0.247 e. The number of nitrogens with one attached hydrogen (secondary N) is 2. The van der Waals surface area contributed by atoms with Gasteiger partial charge in [0, 0.05) is 62.8 Å². The zero-order valence-corrected chi connectivity index (χ0v) is 22.9. The van der Waals surface area contributed by atoms with E-state index < -0.39 is 0 Å². The van der Waals surface area contributed by atoms with Crippen LogP contribution in [0.4, 0.5) is 23.0 Å². The van der Waals surface area contributed by atoms with E-state index >= 15 is 0 Å². The monoisotopic (exact) mass is 534 g/mol. The number of amides is 1. The number of likely N-dealkylation sites (N-methyl/N-ethyl adjacent to an activating group) is 2. The summed E-state index contributed by atoms with van der Waals surface area (Å²) in [6.45, 7) is 5.15. The average molecular weight is 535 g/mol. The third-order valence-corrected chi connectivity index (χ3v) is 6.32. The van der Waals surface area contributed by atoms with Gasteiger partial charge < -0.3 is 29.7 Å². The van der Waals surface area contributed by atoms with Crippen molar-refractivity contribution in [2.45, 2.75) is 0 Å². The van der Waals surface area contributed by atoms with Crippen molar-refractivity contribution in [3.8, 4) is 17.0 Å². The maximum absolute atomic E-state index is 12.2. The number of ether oxygens (including phenoxy) is 1. The van der Waals surface area contributed by atoms with Gasteiger partial charge in [0.15, 0.2) is 0 Å². The van der Waals surface area contributed by atoms with Gasteiger partial charge >= 0.3 is 0 Å². The summed E-state index contributed by atoms with van der Waals surface area (Å²) in [6, 6.07) is 7.43. The molecular weight excluding hydrogens is 504 g/mol. The largest absolute Gasteiger partial charge is 0.494 e. The zero-order valence-electron chi connectivity index (χ0n) is 22.1. The number of hydrogen-bond acceptors (Lipinski definition) is 8. The van der Waals surface area contributed by atoms with Crippen molar-refractivity contribution in [3.63, 3.8) is 0 Å². The average Bonchev–Trinajstić information content (AvgIpc) is 3.19. The number of nitrogens with zero attached hydrogens (tertiary/aromatic N) is 6. The first-order valence-electron chi connectivity index (χ1n) is 11.9. The number of benzene rings is 1. The van der Waals surface area contributed by atoms with Crippen molar-refractivity contribution in [1.29, 1.82) is 0 Å². The van der Waals surface area contributed by atoms with Gasteiger partial charge in [-0.3, -0.25) is 4.79 Å². The summed E-state index contributed by atoms with van der Waals surface area (Å²) >= 11 is 6.38. The first kappa shape index (κ1) is 26.9. The number of methoxy groups -OCH3 is 1. The molecule has 0 radical (unpaired) electrons. The summed E-state index contributed by atoms with van der Waals surface area (Å²) in [5.74, 6) is 0.611. The molecule has 0 aliphatic heterocycles. The number of hydrogen-bond donors (Lipinski definition) is 2. The van der Waals surface area contributed by atoms with Gasteiger partial charge in [-0.15, -0.1) is 0 Å². The van der Waals surface area contributed by atoms with E-state index in [0.717, 1.165) is 35.4 Å². The molecule has 10 nitrogen and oxygen atoms in total. The lowest BCUT2D eigenvalue weighted by Crippen LogP contribution is -2.29. The predicted molar refractivity (Wildman–Crippen MR) is 154 cm³/mol. The molecule has 198 valence electrons. The van der Waals surface area contributed by atoms with Crippen LogP contribution in [0.15, 0.2) is 55.5 Å². The number of aryl methyl sites for hydroxylation is 1. The first-order chi connectivity index (χ1) is 18.2. The molecule has 0 saturated carbocycles. The number of rotatable bonds is 10. The minimum atomic E-state index is -0.316. The lowest BCUT2D eigenvalue weighted by molar-refractivity contribution is -0.111. The highest BCUT2D eigenvalue weighted by molar-refractivity contribution is 6.35. The zero-order chi connectivity index (χ0) is 27.4. The second kappa shape index (κ2) is 11.5. The van der Waals surface area contributed by atoms with E-state index in [9.17, 15) is 4.79 Å². The van der Waals surface area contributed by atoms with Gasteiger partial charge in [-0.1, -0.05) is 18.2 Å². The van der Waals surface area contributed by atoms with Crippen LogP contribution in [0.3, 0.4) is 0 Å². The highest BCUT2D eigenvalue weighted by atomic mass is 35.5. The van der Waals surface area contributed by atoms with Crippen molar-refractivity contribution in [2.75, 3.05) is 56.9 Å². The third kappa shape index (κ3) is 5.87. The number of aromatic nitrogens is 4. The van der Waals surface area contributed by atoms with Crippen LogP contribution in [0.1, 0.15) is 0 Å². The number of anilines is 4. The Morgan fingerprint density at radius 3 is 2.68 bits per heavy atom. The van der Waals surface area contributed by atoms with Crippen LogP contribution in [0.2, 0.25) is 5.02 Å². The minimum Gasteiger partial charge on any atom is -0.494 e. The molecule has 11 heteroatoms. The quantitative estimate of drug-likeness (QED) is 0.286. The summed E-state index contributed by atoms with van der Waals surface area (Å²) in [6.07, 6.45) is 6.48. The van der Waals surface area contributed by atoms with Gasteiger partial charge in [0.1, 0.15) is 11.4 Å². The molecule has 4 rings (SSSR count). The molecule has 3 heterocycles. The Labute approximate surface area is 226 Å². The van der Waals surface area contributed by atoms with Crippen LogP contribution in [0.5, 0.6) is 5.75 Å². The summed E-state index contributed by atoms with van der Waals surface area (Å²) in [7, 11) is 9.48. The topological polar surface area (TPSA) is 100 Å². The summed E-state index contributed by atoms with van der Waals surface area (Å²) in [4.78, 5) is 30.0. The number of halogens is 1. The van der Waals surface area contributed by atoms with E-state index in [4.69, 9.17) is 16.3 Å². The summed E-state index contributed by atoms with van der Waals surface area (Å²) in [5.41, 5.74) is 4.27. The molecule has 0 bridgehead atoms. The molecule has 3 aromatic heterocycles. The van der Waals surface area contributed by atoms with Crippen LogP contribution in [0.25, 0.3) is 22.3 Å². The van der Waals surface area contributed by atoms with Gasteiger partial charge in [-0.05, 0) is 38.4 Å². The second-order valence-corrected chi connectivity index (χ2v) is 9.47. The lowest BCUT2D eigenvalue weighted by Gasteiger charge is -2.26. The van der Waals surface area contributed by atoms with Crippen LogP contribution in [0, 0.1) is 0 Å². The van der Waals surface area contributed by atoms with Crippen molar-refractivity contribution in [2.24, 2.45) is 7.05 Å². The second-order valence-electron chi connectivity index (χ2n) is 9.06. The molecule has 0 saturated heterocycles. The molecule has 38 heavy (non-hydrogen) atoms. The molecule has 0 fully saturated rings. The van der Waals surface area contributed by atoms with Crippen LogP contribution < -0.4 is 20.3 Å². The molecule has 4 aromatic rings. The lowest BCUT2D eigenvalue weighted by atomic mass is 10.1. The van der Waals surface area contributed by atoms with Gasteiger partial charge in [-0.25, -0.2) is 15.0 Å². The summed E-state index contributed by atoms with van der Waals surface area (Å²) in [5, 5.41) is 7.60. The highest BCUT2D eigenvalue weighted by Gasteiger charge is 2.17. The molecule has 0 aliphatic carbocycles. The minimum absolute atomic E-state index is 0.316. The fraction of sp³-hybridized carbons (Fsp3) is 0.259. The number of fused-ring (bicyclic) bond motifs is 1. The Hall–Kier alpha value is -4.15. The molecule has 2 N–H and O–H groups in total. The molecular formula is C27H31ClN8O2. The first-order valence-corrected chi connectivity index (χ1v) is 12.3. The van der Waals surface area contributed by atoms with Crippen LogP contribution in [-0.4, -0.2) is 71.7 Å². The Bertz CT molecular complexity index is 1480. The summed E-state index contributed by atoms with van der Waals surface area (Å²) < 4.78 is 7.56. The van der Waals surface area contributed by atoms with E-state index in [1.807, 2.05) is 51.1 Å². The SMILES string of the molecule is C=CC(=O)Nc1cc(Nc2nccc(-c3cnc4c(c3)c(Cl)cn4C)n2)c(OC)cc1N(C)CCN(C)C. The molecule has 0 unspecified atom stereocenters. The number of carbonyl (C=O) groups is 1. The molecule has 0 aliphatic rings. The van der Waals surface area contributed by atoms with E-state index in [1.54, 1.807) is 31.6 Å². The van der Waals surface area contributed by atoms with Crippen LogP contribution in [-0.2, 0) is 11.8 Å². The van der Waals surface area contributed by atoms with E-state index in [1.165, 1.54) is 6.08 Å². The van der Waals surface area contributed by atoms with Crippen molar-refractivity contribution in [1.82, 2.24) is 24.4 Å². The van der Waals surface area contributed by atoms with Crippen LogP contribution >= 0.6 is 11.6 Å². The third-order valence-electron chi connectivity index (χ3n) is 6.02. The normalized spacial score (nSPS) is 11.0. The molecule has 1 aromatic carbocycles.